The molecule has 0 saturated heterocycles. The molecule has 194 valence electrons. The zero-order valence-corrected chi connectivity index (χ0v) is 21.3. The van der Waals surface area contributed by atoms with Gasteiger partial charge in [-0.1, -0.05) is 48.5 Å². The lowest BCUT2D eigenvalue weighted by molar-refractivity contribution is 0.0716. The van der Waals surface area contributed by atoms with E-state index in [4.69, 9.17) is 20.9 Å². The molecule has 3 aliphatic rings. The molecule has 0 saturated carbocycles. The molecule has 0 spiro atoms. The summed E-state index contributed by atoms with van der Waals surface area (Å²) >= 11 is 0. The van der Waals surface area contributed by atoms with Gasteiger partial charge in [0.05, 0.1) is 11.1 Å². The summed E-state index contributed by atoms with van der Waals surface area (Å²) < 4.78 is 12.1. The van der Waals surface area contributed by atoms with Crippen LogP contribution >= 0.6 is 0 Å². The number of nitrogens with two attached hydrogens (primary N) is 2. The Morgan fingerprint density at radius 2 is 0.800 bits per heavy atom. The number of carbonyl (C=O) groups excluding carboxylic acids is 2. The molecule has 0 fully saturated rings. The molecule has 0 radical (unpaired) electrons. The van der Waals surface area contributed by atoms with Gasteiger partial charge in [0.1, 0.15) is 11.5 Å². The minimum Gasteiger partial charge on any atom is -0.423 e. The van der Waals surface area contributed by atoms with Crippen LogP contribution in [0.15, 0.2) is 109 Å². The lowest BCUT2D eigenvalue weighted by atomic mass is 9.60. The fourth-order valence-corrected chi connectivity index (χ4v) is 5.96. The fraction of sp³-hybridized carbons (Fsp3) is 0.0588. The van der Waals surface area contributed by atoms with Crippen LogP contribution < -0.4 is 20.9 Å². The Kier molecular flexibility index (Phi) is 5.42. The number of benzene rings is 5. The van der Waals surface area contributed by atoms with Gasteiger partial charge >= 0.3 is 11.9 Å². The van der Waals surface area contributed by atoms with Crippen LogP contribution in [0.25, 0.3) is 0 Å². The second-order valence-electron chi connectivity index (χ2n) is 10.0. The van der Waals surface area contributed by atoms with Crippen molar-refractivity contribution in [3.63, 3.8) is 0 Å². The first-order valence-electron chi connectivity index (χ1n) is 13.0. The number of ether oxygens (including phenoxy) is 2. The Morgan fingerprint density at radius 1 is 0.475 bits per heavy atom. The first-order chi connectivity index (χ1) is 19.5. The number of rotatable bonds is 4. The van der Waals surface area contributed by atoms with E-state index in [0.29, 0.717) is 34.0 Å². The van der Waals surface area contributed by atoms with Gasteiger partial charge in [-0.05, 0) is 82.9 Å². The third-order valence-electron chi connectivity index (χ3n) is 7.72. The van der Waals surface area contributed by atoms with Crippen molar-refractivity contribution in [3.8, 4) is 11.5 Å². The summed E-state index contributed by atoms with van der Waals surface area (Å²) in [5, 5.41) is 0. The molecule has 0 aliphatic heterocycles. The number of anilines is 2. The van der Waals surface area contributed by atoms with Gasteiger partial charge in [0.25, 0.3) is 0 Å². The zero-order chi connectivity index (χ0) is 27.4. The van der Waals surface area contributed by atoms with Crippen molar-refractivity contribution in [2.24, 2.45) is 0 Å². The predicted octanol–water partition coefficient (Wildman–Crippen LogP) is 6.28. The van der Waals surface area contributed by atoms with E-state index >= 15 is 0 Å². The highest BCUT2D eigenvalue weighted by atomic mass is 16.5. The van der Waals surface area contributed by atoms with Crippen molar-refractivity contribution in [2.75, 3.05) is 11.5 Å². The van der Waals surface area contributed by atoms with Crippen LogP contribution in [0.5, 0.6) is 11.5 Å². The van der Waals surface area contributed by atoms with E-state index in [9.17, 15) is 9.59 Å². The zero-order valence-electron chi connectivity index (χ0n) is 21.3. The fourth-order valence-electron chi connectivity index (χ4n) is 5.96. The van der Waals surface area contributed by atoms with Gasteiger partial charge in [0.2, 0.25) is 0 Å². The van der Waals surface area contributed by atoms with E-state index in [2.05, 4.69) is 24.3 Å². The molecule has 0 aromatic heterocycles. The molecular weight excluding hydrogens is 500 g/mol. The SMILES string of the molecule is Nc1ccc(C(=O)Oc2ccc(OC(=O)c3ccc(N)cc3)c3c2C2c4ccccc4C3c3ccccc32)cc1. The number of nitrogen functional groups attached to an aromatic ring is 2. The van der Waals surface area contributed by atoms with E-state index in [1.165, 1.54) is 0 Å². The highest BCUT2D eigenvalue weighted by Crippen LogP contribution is 2.60. The Hall–Kier alpha value is -5.36. The smallest absolute Gasteiger partial charge is 0.343 e. The number of hydrogen-bond acceptors (Lipinski definition) is 6. The molecule has 40 heavy (non-hydrogen) atoms. The predicted molar refractivity (Wildman–Crippen MR) is 153 cm³/mol. The number of carbonyl (C=O) groups is 2. The molecule has 4 N–H and O–H groups in total. The van der Waals surface area contributed by atoms with Crippen LogP contribution in [-0.4, -0.2) is 11.9 Å². The largest absolute Gasteiger partial charge is 0.423 e. The van der Waals surface area contributed by atoms with Crippen molar-refractivity contribution in [1.82, 2.24) is 0 Å². The van der Waals surface area contributed by atoms with Crippen LogP contribution in [0.3, 0.4) is 0 Å². The van der Waals surface area contributed by atoms with Crippen LogP contribution in [0.1, 0.15) is 65.9 Å². The third-order valence-corrected chi connectivity index (χ3v) is 7.72. The van der Waals surface area contributed by atoms with Gasteiger partial charge in [-0.25, -0.2) is 9.59 Å². The molecule has 2 bridgehead atoms. The maximum Gasteiger partial charge on any atom is 0.343 e. The van der Waals surface area contributed by atoms with Crippen LogP contribution in [-0.2, 0) is 0 Å². The second-order valence-corrected chi connectivity index (χ2v) is 10.0. The number of hydrogen-bond donors (Lipinski definition) is 2. The van der Waals surface area contributed by atoms with Gasteiger partial charge in [0, 0.05) is 34.3 Å². The summed E-state index contributed by atoms with van der Waals surface area (Å²) in [5.41, 5.74) is 19.8. The summed E-state index contributed by atoms with van der Waals surface area (Å²) in [4.78, 5) is 26.5. The molecule has 5 aromatic carbocycles. The molecule has 5 aromatic rings. The molecular formula is C34H24N2O4. The Bertz CT molecular complexity index is 1630. The average Bonchev–Trinajstić information content (AvgIpc) is 2.98. The molecule has 0 amide bonds. The normalized spacial score (nSPS) is 15.9. The van der Waals surface area contributed by atoms with E-state index < -0.39 is 11.9 Å². The van der Waals surface area contributed by atoms with Crippen molar-refractivity contribution in [3.05, 3.63) is 154 Å². The molecule has 8 rings (SSSR count). The standard InChI is InChI=1S/C34H24N2O4/c35-21-13-9-19(10-14-21)33(37)39-27-17-18-28(40-34(38)20-11-15-22(36)16-12-20)32-30-24-6-2-1-5-23(24)29(31(27)32)25-7-3-4-8-26(25)30/h1-18,29-30H,35-36H2. The molecule has 0 heterocycles. The number of esters is 2. The van der Waals surface area contributed by atoms with E-state index in [0.717, 1.165) is 33.4 Å². The maximum absolute atomic E-state index is 13.2. The first kappa shape index (κ1) is 23.7. The molecule has 3 aliphatic carbocycles. The Labute approximate surface area is 230 Å². The van der Waals surface area contributed by atoms with Crippen LogP contribution in [0.2, 0.25) is 0 Å². The van der Waals surface area contributed by atoms with E-state index in [-0.39, 0.29) is 11.8 Å². The lowest BCUT2D eigenvalue weighted by Gasteiger charge is -2.43. The summed E-state index contributed by atoms with van der Waals surface area (Å²) in [6.45, 7) is 0. The van der Waals surface area contributed by atoms with E-state index in [1.54, 1.807) is 60.7 Å². The van der Waals surface area contributed by atoms with Crippen molar-refractivity contribution >= 4 is 23.3 Å². The van der Waals surface area contributed by atoms with Crippen molar-refractivity contribution < 1.29 is 19.1 Å². The monoisotopic (exact) mass is 524 g/mol. The van der Waals surface area contributed by atoms with Gasteiger partial charge in [-0.3, -0.25) is 0 Å². The molecule has 0 unspecified atom stereocenters. The van der Waals surface area contributed by atoms with Crippen molar-refractivity contribution in [2.45, 2.75) is 11.8 Å². The van der Waals surface area contributed by atoms with Crippen LogP contribution in [0.4, 0.5) is 11.4 Å². The lowest BCUT2D eigenvalue weighted by Crippen LogP contribution is -2.29. The first-order valence-corrected chi connectivity index (χ1v) is 13.0. The molecule has 6 heteroatoms. The Balaban J connectivity index is 1.39. The maximum atomic E-state index is 13.2. The third kappa shape index (κ3) is 3.73. The molecule has 0 atom stereocenters. The highest BCUT2D eigenvalue weighted by molar-refractivity contribution is 5.93. The van der Waals surface area contributed by atoms with Gasteiger partial charge in [-0.15, -0.1) is 0 Å². The minimum atomic E-state index is -0.489. The summed E-state index contributed by atoms with van der Waals surface area (Å²) in [6, 6.07) is 33.2. The van der Waals surface area contributed by atoms with E-state index in [1.807, 2.05) is 24.3 Å². The Morgan fingerprint density at radius 3 is 1.12 bits per heavy atom. The van der Waals surface area contributed by atoms with Gasteiger partial charge in [-0.2, -0.15) is 0 Å². The second kappa shape index (κ2) is 9.13. The van der Waals surface area contributed by atoms with Gasteiger partial charge in [0.15, 0.2) is 0 Å². The topological polar surface area (TPSA) is 105 Å². The average molecular weight is 525 g/mol. The highest BCUT2D eigenvalue weighted by Gasteiger charge is 2.45. The summed E-state index contributed by atoms with van der Waals surface area (Å²) in [5.74, 6) is -0.506. The molecule has 6 nitrogen and oxygen atoms in total. The summed E-state index contributed by atoms with van der Waals surface area (Å²) in [6.07, 6.45) is 0. The summed E-state index contributed by atoms with van der Waals surface area (Å²) in [7, 11) is 0. The quantitative estimate of drug-likeness (QED) is 0.160. The van der Waals surface area contributed by atoms with Gasteiger partial charge < -0.3 is 20.9 Å². The minimum absolute atomic E-state index is 0.197. The van der Waals surface area contributed by atoms with Crippen molar-refractivity contribution in [1.29, 1.82) is 0 Å². The van der Waals surface area contributed by atoms with Crippen LogP contribution in [0, 0.1) is 0 Å².